The average Bonchev–Trinajstić information content (AvgIpc) is 3.83. The Morgan fingerprint density at radius 3 is 2.11 bits per heavy atom. The quantitative estimate of drug-likeness (QED) is 0.225. The van der Waals surface area contributed by atoms with E-state index < -0.39 is 53.2 Å². The number of primary amides is 1. The van der Waals surface area contributed by atoms with E-state index >= 15 is 0 Å². The maximum Gasteiger partial charge on any atom is 0.315 e. The fourth-order valence-corrected chi connectivity index (χ4v) is 7.49. The Hall–Kier alpha value is -3.76. The number of likely N-dealkylation sites (tertiary alicyclic amines) is 1. The highest BCUT2D eigenvalue weighted by Crippen LogP contribution is 2.65. The first-order valence-corrected chi connectivity index (χ1v) is 16.9. The molecule has 258 valence electrons. The third kappa shape index (κ3) is 8.22. The van der Waals surface area contributed by atoms with Gasteiger partial charge in [0.25, 0.3) is 5.91 Å². The number of nitrogens with two attached hydrogens (primary N) is 1. The summed E-state index contributed by atoms with van der Waals surface area (Å²) < 4.78 is 0. The predicted molar refractivity (Wildman–Crippen MR) is 178 cm³/mol. The number of benzene rings is 1. The zero-order chi connectivity index (χ0) is 35.0. The van der Waals surface area contributed by atoms with E-state index in [1.807, 2.05) is 65.0 Å². The maximum atomic E-state index is 14.4. The second-order valence-corrected chi connectivity index (χ2v) is 16.0. The molecule has 47 heavy (non-hydrogen) atoms. The van der Waals surface area contributed by atoms with Crippen LogP contribution >= 0.6 is 0 Å². The summed E-state index contributed by atoms with van der Waals surface area (Å²) >= 11 is 0. The standard InChI is InChI=1S/C36H53N5O6/c1-19(2)27(23(16-20(3)42)22-12-10-9-11-13-22)39-34(47)40-30(35(4,5)6)33(46)41-18-24-26(36(24,7)8)28(41)32(45)38-25(17-21-14-15-21)29(43)31(37)44/h9-13,19,21,23-28,30H,14-18H2,1-8H3,(H2,37,44)(H,38,45)(H2,39,40,47)/t23?,24-,25?,26-,27-,28-,30+/m0/s1. The van der Waals surface area contributed by atoms with Crippen LogP contribution < -0.4 is 21.7 Å². The second-order valence-electron chi connectivity index (χ2n) is 16.0. The third-order valence-electron chi connectivity index (χ3n) is 10.5. The molecule has 1 saturated heterocycles. The topological polar surface area (TPSA) is 168 Å². The lowest BCUT2D eigenvalue weighted by atomic mass is 9.82. The molecule has 5 amide bonds. The molecule has 2 aliphatic carbocycles. The van der Waals surface area contributed by atoms with Crippen molar-refractivity contribution < 1.29 is 28.8 Å². The van der Waals surface area contributed by atoms with Crippen molar-refractivity contribution in [1.82, 2.24) is 20.9 Å². The number of amides is 5. The monoisotopic (exact) mass is 651 g/mol. The molecule has 11 nitrogen and oxygen atoms in total. The summed E-state index contributed by atoms with van der Waals surface area (Å²) in [4.78, 5) is 80.2. The molecular weight excluding hydrogens is 598 g/mol. The van der Waals surface area contributed by atoms with Crippen LogP contribution in [-0.4, -0.2) is 70.9 Å². The lowest BCUT2D eigenvalue weighted by Gasteiger charge is -2.38. The molecule has 1 heterocycles. The molecule has 11 heteroatoms. The van der Waals surface area contributed by atoms with Crippen LogP contribution in [0.25, 0.3) is 0 Å². The van der Waals surface area contributed by atoms with E-state index in [9.17, 15) is 28.8 Å². The molecule has 3 aliphatic rings. The Balaban J connectivity index is 1.55. The van der Waals surface area contributed by atoms with Gasteiger partial charge in [-0.15, -0.1) is 0 Å². The Morgan fingerprint density at radius 2 is 1.60 bits per heavy atom. The first kappa shape index (κ1) is 36.1. The molecule has 4 rings (SSSR count). The number of carbonyl (C=O) groups excluding carboxylic acids is 6. The summed E-state index contributed by atoms with van der Waals surface area (Å²) in [7, 11) is 0. The minimum Gasteiger partial charge on any atom is -0.363 e. The van der Waals surface area contributed by atoms with Gasteiger partial charge in [0.15, 0.2) is 0 Å². The number of hydrogen-bond acceptors (Lipinski definition) is 6. The molecule has 1 aromatic rings. The van der Waals surface area contributed by atoms with E-state index in [1.165, 1.54) is 11.8 Å². The number of carbonyl (C=O) groups is 6. The van der Waals surface area contributed by atoms with E-state index in [2.05, 4.69) is 29.8 Å². The molecule has 5 N–H and O–H groups in total. The predicted octanol–water partition coefficient (Wildman–Crippen LogP) is 3.31. The van der Waals surface area contributed by atoms with Crippen LogP contribution in [0.5, 0.6) is 0 Å². The minimum atomic E-state index is -1.10. The van der Waals surface area contributed by atoms with Crippen LogP contribution in [0.4, 0.5) is 4.79 Å². The van der Waals surface area contributed by atoms with E-state index in [4.69, 9.17) is 5.73 Å². The number of nitrogens with one attached hydrogen (secondary N) is 3. The number of rotatable bonds is 14. The van der Waals surface area contributed by atoms with Gasteiger partial charge in [-0.3, -0.25) is 19.2 Å². The van der Waals surface area contributed by atoms with Crippen molar-refractivity contribution in [3.63, 3.8) is 0 Å². The Labute approximate surface area is 278 Å². The molecule has 3 fully saturated rings. The first-order valence-electron chi connectivity index (χ1n) is 16.9. The SMILES string of the molecule is CC(=O)CC(c1ccccc1)[C@@H](NC(=O)N[C@H](C(=O)N1C[C@H]2[C@@H]([C@H]1C(=O)NC(CC1CC1)C(=O)C(N)=O)C2(C)C)C(C)(C)C)C(C)C. The molecule has 0 aromatic heterocycles. The average molecular weight is 652 g/mol. The number of hydrogen-bond donors (Lipinski definition) is 4. The number of urea groups is 1. The minimum absolute atomic E-state index is 0.00574. The smallest absolute Gasteiger partial charge is 0.315 e. The van der Waals surface area contributed by atoms with Gasteiger partial charge >= 0.3 is 6.03 Å². The van der Waals surface area contributed by atoms with Crippen molar-refractivity contribution in [2.24, 2.45) is 40.2 Å². The summed E-state index contributed by atoms with van der Waals surface area (Å²) in [5.74, 6) is -2.90. The van der Waals surface area contributed by atoms with E-state index in [1.54, 1.807) is 0 Å². The highest BCUT2D eigenvalue weighted by Gasteiger charge is 2.70. The van der Waals surface area contributed by atoms with Gasteiger partial charge < -0.3 is 31.4 Å². The summed E-state index contributed by atoms with van der Waals surface area (Å²) in [6, 6.07) is 5.78. The summed E-state index contributed by atoms with van der Waals surface area (Å²) in [5, 5.41) is 8.78. The number of Topliss-reactive ketones (excluding diaryl/α,β-unsaturated/α-hetero) is 2. The van der Waals surface area contributed by atoms with Gasteiger partial charge in [-0.05, 0) is 53.4 Å². The lowest BCUT2D eigenvalue weighted by Crippen LogP contribution is -2.62. The number of piperidine rings is 1. The van der Waals surface area contributed by atoms with Gasteiger partial charge in [-0.2, -0.15) is 0 Å². The molecule has 0 bridgehead atoms. The molecule has 1 aromatic carbocycles. The van der Waals surface area contributed by atoms with Crippen molar-refractivity contribution in [2.45, 2.75) is 111 Å². The maximum absolute atomic E-state index is 14.4. The van der Waals surface area contributed by atoms with Crippen LogP contribution in [0.3, 0.4) is 0 Å². The van der Waals surface area contributed by atoms with E-state index in [0.717, 1.165) is 18.4 Å². The fourth-order valence-electron chi connectivity index (χ4n) is 7.49. The van der Waals surface area contributed by atoms with Crippen molar-refractivity contribution >= 4 is 35.3 Å². The van der Waals surface area contributed by atoms with Crippen LogP contribution in [0.2, 0.25) is 0 Å². The van der Waals surface area contributed by atoms with Crippen LogP contribution in [0.1, 0.15) is 92.6 Å². The number of ketones is 2. The fraction of sp³-hybridized carbons (Fsp3) is 0.667. The largest absolute Gasteiger partial charge is 0.363 e. The van der Waals surface area contributed by atoms with E-state index in [0.29, 0.717) is 13.0 Å². The van der Waals surface area contributed by atoms with Gasteiger partial charge in [0, 0.05) is 24.9 Å². The Morgan fingerprint density at radius 1 is 0.979 bits per heavy atom. The molecular formula is C36H53N5O6. The zero-order valence-corrected chi connectivity index (χ0v) is 29.1. The third-order valence-corrected chi connectivity index (χ3v) is 10.5. The molecule has 7 atom stereocenters. The number of nitrogens with zero attached hydrogens (tertiary/aromatic N) is 1. The van der Waals surface area contributed by atoms with Crippen LogP contribution in [-0.2, 0) is 24.0 Å². The second kappa shape index (κ2) is 13.8. The van der Waals surface area contributed by atoms with Gasteiger partial charge in [0.2, 0.25) is 17.6 Å². The highest BCUT2D eigenvalue weighted by atomic mass is 16.2. The molecule has 1 aliphatic heterocycles. The molecule has 0 radical (unpaired) electrons. The van der Waals surface area contributed by atoms with Gasteiger partial charge in [0.1, 0.15) is 17.9 Å². The number of fused-ring (bicyclic) bond motifs is 1. The normalized spacial score (nSPS) is 23.9. The highest BCUT2D eigenvalue weighted by molar-refractivity contribution is 6.37. The van der Waals surface area contributed by atoms with Crippen molar-refractivity contribution in [2.75, 3.05) is 6.54 Å². The molecule has 2 unspecified atom stereocenters. The molecule has 2 saturated carbocycles. The zero-order valence-electron chi connectivity index (χ0n) is 29.1. The summed E-state index contributed by atoms with van der Waals surface area (Å²) in [5.41, 5.74) is 5.34. The summed E-state index contributed by atoms with van der Waals surface area (Å²) in [6.45, 7) is 15.5. The van der Waals surface area contributed by atoms with Gasteiger partial charge in [-0.1, -0.05) is 91.6 Å². The lowest BCUT2D eigenvalue weighted by molar-refractivity contribution is -0.145. The van der Waals surface area contributed by atoms with Gasteiger partial charge in [0.05, 0.1) is 6.04 Å². The van der Waals surface area contributed by atoms with Gasteiger partial charge in [-0.25, -0.2) is 4.79 Å². The van der Waals surface area contributed by atoms with Crippen molar-refractivity contribution in [3.8, 4) is 0 Å². The van der Waals surface area contributed by atoms with E-state index in [-0.39, 0.29) is 53.1 Å². The summed E-state index contributed by atoms with van der Waals surface area (Å²) in [6.07, 6.45) is 2.42. The first-order chi connectivity index (χ1) is 21.8. The Bertz CT molecular complexity index is 1380. The van der Waals surface area contributed by atoms with Crippen LogP contribution in [0, 0.1) is 34.5 Å². The van der Waals surface area contributed by atoms with Crippen molar-refractivity contribution in [1.29, 1.82) is 0 Å². The van der Waals surface area contributed by atoms with Crippen molar-refractivity contribution in [3.05, 3.63) is 35.9 Å². The Kier molecular flexibility index (Phi) is 10.6. The van der Waals surface area contributed by atoms with Crippen LogP contribution in [0.15, 0.2) is 30.3 Å². The molecule has 0 spiro atoms.